The van der Waals surface area contributed by atoms with Crippen LogP contribution in [0.25, 0.3) is 0 Å². The summed E-state index contributed by atoms with van der Waals surface area (Å²) in [6.07, 6.45) is 3.21. The second-order valence-electron chi connectivity index (χ2n) is 4.29. The van der Waals surface area contributed by atoms with E-state index in [0.29, 0.717) is 5.56 Å². The van der Waals surface area contributed by atoms with Crippen LogP contribution in [0.4, 0.5) is 0 Å². The van der Waals surface area contributed by atoms with Crippen molar-refractivity contribution in [2.75, 3.05) is 14.2 Å². The number of ether oxygens (including phenoxy) is 2. The Hall–Kier alpha value is -0.970. The standard InChI is InChI=1S/C10H11O3.C3H5N.In/c1-7-4-5-8(10(11)13-3)6-9(7)12-2;1-2-3-4;/h4-6H,1H2,2-3H3;3H,1-2H2;/q;-1;+1. The average molecular weight is 349 g/mol. The van der Waals surface area contributed by atoms with Crippen LogP contribution in [0.3, 0.4) is 0 Å². The second kappa shape index (κ2) is 6.27. The molecule has 1 heterocycles. The van der Waals surface area contributed by atoms with Crippen molar-refractivity contribution in [3.63, 3.8) is 0 Å². The van der Waals surface area contributed by atoms with Crippen molar-refractivity contribution in [3.8, 4) is 5.75 Å². The number of carbonyl (C=O) groups is 1. The molecule has 5 heteroatoms. The Morgan fingerprint density at radius 2 is 2.28 bits per heavy atom. The molecule has 1 aliphatic heterocycles. The molecule has 0 amide bonds. The normalized spacial score (nSPS) is 13.8. The monoisotopic (exact) mass is 349 g/mol. The van der Waals surface area contributed by atoms with Gasteiger partial charge in [0.05, 0.1) is 0 Å². The first-order valence-corrected chi connectivity index (χ1v) is 12.1. The maximum atomic E-state index is 11.4. The van der Waals surface area contributed by atoms with E-state index in [1.165, 1.54) is 16.9 Å². The summed E-state index contributed by atoms with van der Waals surface area (Å²) in [4.78, 5) is 11.4. The number of hydrogen-bond acceptors (Lipinski definition) is 4. The van der Waals surface area contributed by atoms with Crippen LogP contribution in [-0.4, -0.2) is 48.1 Å². The summed E-state index contributed by atoms with van der Waals surface area (Å²) in [5.41, 5.74) is 1.70. The summed E-state index contributed by atoms with van der Waals surface area (Å²) in [7, 11) is 3.01. The van der Waals surface area contributed by atoms with E-state index in [-0.39, 0.29) is 5.97 Å². The first-order chi connectivity index (χ1) is 8.74. The summed E-state index contributed by atoms with van der Waals surface area (Å²) < 4.78 is 17.0. The quantitative estimate of drug-likeness (QED) is 0.782. The van der Waals surface area contributed by atoms with Gasteiger partial charge in [-0.15, -0.1) is 0 Å². The Balaban J connectivity index is 2.19. The van der Waals surface area contributed by atoms with E-state index in [2.05, 4.69) is 9.19 Å². The zero-order chi connectivity index (χ0) is 13.0. The minimum absolute atomic E-state index is 0.331. The Morgan fingerprint density at radius 3 is 2.89 bits per heavy atom. The van der Waals surface area contributed by atoms with E-state index in [1.54, 1.807) is 19.2 Å². The summed E-state index contributed by atoms with van der Waals surface area (Å²) in [5, 5.41) is 0. The molecule has 0 fully saturated rings. The summed E-state index contributed by atoms with van der Waals surface area (Å²) in [6.45, 7) is 0. The predicted octanol–water partition coefficient (Wildman–Crippen LogP) is 2.03. The van der Waals surface area contributed by atoms with Gasteiger partial charge >= 0.3 is 115 Å². The zero-order valence-corrected chi connectivity index (χ0v) is 14.0. The van der Waals surface area contributed by atoms with E-state index < -0.39 is 21.7 Å². The molecule has 0 radical (unpaired) electrons. The van der Waals surface area contributed by atoms with Crippen molar-refractivity contribution in [2.24, 2.45) is 2.98 Å². The molecule has 18 heavy (non-hydrogen) atoms. The number of nitrogens with zero attached hydrogens (tertiary/aromatic N) is 1. The van der Waals surface area contributed by atoms with E-state index in [1.807, 2.05) is 6.07 Å². The second-order valence-corrected chi connectivity index (χ2v) is 11.7. The maximum absolute atomic E-state index is 11.4. The average Bonchev–Trinajstić information content (AvgIpc) is 2.91. The number of benzene rings is 1. The Morgan fingerprint density at radius 1 is 1.44 bits per heavy atom. The van der Waals surface area contributed by atoms with Gasteiger partial charge in [-0.05, 0) is 0 Å². The molecule has 0 atom stereocenters. The molecule has 2 rings (SSSR count). The molecule has 0 bridgehead atoms. The van der Waals surface area contributed by atoms with Crippen molar-refractivity contribution < 1.29 is 14.3 Å². The van der Waals surface area contributed by atoms with Gasteiger partial charge < -0.3 is 0 Å². The Kier molecular flexibility index (Phi) is 4.69. The molecule has 1 aromatic rings. The van der Waals surface area contributed by atoms with Crippen LogP contribution in [0.1, 0.15) is 22.3 Å². The molecule has 94 valence electrons. The third kappa shape index (κ3) is 3.07. The van der Waals surface area contributed by atoms with Crippen LogP contribution in [0, 0.1) is 0 Å². The van der Waals surface area contributed by atoms with E-state index >= 15 is 0 Å². The summed E-state index contributed by atoms with van der Waals surface area (Å²) in [5.74, 6) is 0.443. The van der Waals surface area contributed by atoms with Gasteiger partial charge in [0.25, 0.3) is 0 Å². The fourth-order valence-electron chi connectivity index (χ4n) is 2.13. The van der Waals surface area contributed by atoms with Crippen LogP contribution < -0.4 is 4.74 Å². The first kappa shape index (κ1) is 13.5. The summed E-state index contributed by atoms with van der Waals surface area (Å²) >= 11 is -1.72. The van der Waals surface area contributed by atoms with Crippen molar-refractivity contribution in [2.45, 2.75) is 14.8 Å². The van der Waals surface area contributed by atoms with Gasteiger partial charge in [-0.25, -0.2) is 0 Å². The third-order valence-corrected chi connectivity index (χ3v) is 10.4. The molecule has 0 spiro atoms. The number of esters is 1. The number of hydrogen-bond donors (Lipinski definition) is 0. The summed E-state index contributed by atoms with van der Waals surface area (Å²) in [6, 6.07) is 5.52. The molecule has 0 saturated heterocycles. The van der Waals surface area contributed by atoms with Crippen LogP contribution in [0.5, 0.6) is 5.75 Å². The van der Waals surface area contributed by atoms with E-state index in [0.717, 1.165) is 16.3 Å². The minimum atomic E-state index is -1.72. The molecule has 0 saturated carbocycles. The fraction of sp³-hybridized carbons (Fsp3) is 0.385. The van der Waals surface area contributed by atoms with E-state index in [4.69, 9.17) is 9.47 Å². The van der Waals surface area contributed by atoms with E-state index in [9.17, 15) is 4.79 Å². The predicted molar refractivity (Wildman–Crippen MR) is 71.7 cm³/mol. The van der Waals surface area contributed by atoms with Crippen molar-refractivity contribution in [1.29, 1.82) is 0 Å². The van der Waals surface area contributed by atoms with Crippen LogP contribution >= 0.6 is 0 Å². The van der Waals surface area contributed by atoms with Gasteiger partial charge in [-0.2, -0.15) is 0 Å². The zero-order valence-electron chi connectivity index (χ0n) is 10.7. The molecular weight excluding hydrogens is 333 g/mol. The topological polar surface area (TPSA) is 47.9 Å². The van der Waals surface area contributed by atoms with Crippen molar-refractivity contribution in [1.82, 2.24) is 0 Å². The molecule has 0 aromatic heterocycles. The van der Waals surface area contributed by atoms with Gasteiger partial charge in [0.2, 0.25) is 0 Å². The Labute approximate surface area is 115 Å². The fourth-order valence-corrected chi connectivity index (χ4v) is 8.65. The number of rotatable bonds is 4. The van der Waals surface area contributed by atoms with Crippen LogP contribution in [0.2, 0.25) is 4.18 Å². The van der Waals surface area contributed by atoms with Gasteiger partial charge in [0, 0.05) is 0 Å². The van der Waals surface area contributed by atoms with Gasteiger partial charge in [-0.1, -0.05) is 0 Å². The molecule has 0 aliphatic carbocycles. The Bertz CT molecular complexity index is 473. The van der Waals surface area contributed by atoms with Crippen molar-refractivity contribution in [3.05, 3.63) is 29.3 Å². The SMILES string of the molecule is COC(=O)c1ccc([CH2][In]2[CH2]CC=[N]2)c(OC)c1. The molecule has 1 aromatic carbocycles. The van der Waals surface area contributed by atoms with Gasteiger partial charge in [0.15, 0.2) is 0 Å². The molecule has 0 unspecified atom stereocenters. The first-order valence-electron chi connectivity index (χ1n) is 6.01. The van der Waals surface area contributed by atoms with Gasteiger partial charge in [-0.3, -0.25) is 0 Å². The molecule has 1 aliphatic rings. The molecular formula is C13H16InNO3. The molecule has 4 nitrogen and oxygen atoms in total. The van der Waals surface area contributed by atoms with Gasteiger partial charge in [0.1, 0.15) is 0 Å². The van der Waals surface area contributed by atoms with Crippen LogP contribution in [-0.2, 0) is 8.91 Å². The van der Waals surface area contributed by atoms with Crippen LogP contribution in [0.15, 0.2) is 21.2 Å². The number of methoxy groups -OCH3 is 2. The third-order valence-electron chi connectivity index (χ3n) is 3.11. The van der Waals surface area contributed by atoms with Crippen molar-refractivity contribution >= 4 is 33.9 Å². The number of carbonyl (C=O) groups excluding carboxylic acids is 1. The molecule has 0 N–H and O–H groups in total.